The van der Waals surface area contributed by atoms with Gasteiger partial charge in [-0.25, -0.2) is 38.5 Å². The Morgan fingerprint density at radius 1 is 0.441 bits per heavy atom. The van der Waals surface area contributed by atoms with Crippen LogP contribution in [0.4, 0.5) is 0 Å². The number of carbonyl (C=O) groups is 7. The van der Waals surface area contributed by atoms with E-state index in [1.54, 1.807) is 70.0 Å². The SMILES string of the molecule is C#Cc1ccc2c(c1C(=O)O)OB(O)CC2.CCCCSCc1ccc2c(c1C(=O)O)OB(O)CC2.CCCn1cc(-c2ccc3c(c2C(=O)O)OB(O)CC3)nn1.CCCn1cc(COc2ccc3c(c2C(=O)O)OB(O)CC3)nn1.Cc1nnc(SCc2ccc3c(c2C(=O)O)OB(O)CC3)s1.O=C(O)c1c(CSC2CCC2)ccc2c1OB(O)CC2.O=C(O)c1c(CSc2nccs2)ccc2c1OB(O)CC2. The Morgan fingerprint density at radius 3 is 1.21 bits per heavy atom. The first-order chi connectivity index (χ1) is 69.8. The van der Waals surface area contributed by atoms with Crippen molar-refractivity contribution in [1.29, 1.82) is 0 Å². The first kappa shape index (κ1) is 110. The molecule has 8 aliphatic rings. The second-order valence-electron chi connectivity index (χ2n) is 34.2. The Labute approximate surface area is 861 Å². The summed E-state index contributed by atoms with van der Waals surface area (Å²) < 4.78 is 48.0. The third-order valence-electron chi connectivity index (χ3n) is 23.8. The van der Waals surface area contributed by atoms with Crippen LogP contribution >= 0.6 is 69.7 Å². The van der Waals surface area contributed by atoms with Gasteiger partial charge in [0, 0.05) is 64.1 Å². The van der Waals surface area contributed by atoms with E-state index in [1.807, 2.05) is 92.5 Å². The number of fused-ring (bicyclic) bond motifs is 7. The van der Waals surface area contributed by atoms with Gasteiger partial charge < -0.3 is 108 Å². The highest BCUT2D eigenvalue weighted by Crippen LogP contribution is 2.45. The van der Waals surface area contributed by atoms with Crippen LogP contribution in [-0.4, -0.2) is 219 Å². The van der Waals surface area contributed by atoms with Crippen LogP contribution in [0.15, 0.2) is 118 Å². The molecule has 11 aromatic rings. The molecule has 51 heteroatoms. The van der Waals surface area contributed by atoms with Gasteiger partial charge in [0.25, 0.3) is 0 Å². The first-order valence-corrected chi connectivity index (χ1v) is 52.8. The van der Waals surface area contributed by atoms with Gasteiger partial charge in [-0.1, -0.05) is 158 Å². The van der Waals surface area contributed by atoms with E-state index in [4.69, 9.17) is 48.8 Å². The van der Waals surface area contributed by atoms with Gasteiger partial charge >= 0.3 is 91.6 Å². The van der Waals surface area contributed by atoms with Crippen LogP contribution in [0.2, 0.25) is 44.2 Å². The molecule has 19 rings (SSSR count). The van der Waals surface area contributed by atoms with Crippen LogP contribution in [0.1, 0.15) is 216 Å². The van der Waals surface area contributed by atoms with E-state index in [1.165, 1.54) is 65.5 Å². The molecule has 1 saturated carbocycles. The summed E-state index contributed by atoms with van der Waals surface area (Å²) in [4.78, 5) is 84.9. The molecule has 11 heterocycles. The monoisotopic (exact) mass is 2090 g/mol. The van der Waals surface area contributed by atoms with Gasteiger partial charge in [-0.2, -0.15) is 23.5 Å². The predicted octanol–water partition coefficient (Wildman–Crippen LogP) is 13.9. The maximum atomic E-state index is 11.7. The van der Waals surface area contributed by atoms with Crippen LogP contribution in [0, 0.1) is 19.3 Å². The van der Waals surface area contributed by atoms with Crippen LogP contribution in [0.25, 0.3) is 11.3 Å². The van der Waals surface area contributed by atoms with Crippen LogP contribution in [0.3, 0.4) is 0 Å². The van der Waals surface area contributed by atoms with Crippen LogP contribution in [-0.2, 0) is 87.7 Å². The molecule has 0 spiro atoms. The summed E-state index contributed by atoms with van der Waals surface area (Å²) in [6.07, 6.45) is 25.9. The summed E-state index contributed by atoms with van der Waals surface area (Å²) in [6.45, 7) is 9.66. The van der Waals surface area contributed by atoms with Crippen molar-refractivity contribution < 1.29 is 142 Å². The number of hydrogen-bond donors (Lipinski definition) is 14. The van der Waals surface area contributed by atoms with Crippen molar-refractivity contribution >= 4 is 161 Å². The number of aryl methyl sites for hydroxylation is 10. The minimum Gasteiger partial charge on any atom is -0.535 e. The fourth-order valence-electron chi connectivity index (χ4n) is 16.4. The van der Waals surface area contributed by atoms with Crippen molar-refractivity contribution in [3.63, 3.8) is 0 Å². The third kappa shape index (κ3) is 29.2. The number of aromatic carboxylic acids is 7. The quantitative estimate of drug-likeness (QED) is 0.00896. The second-order valence-corrected chi connectivity index (χ2v) is 41.1. The summed E-state index contributed by atoms with van der Waals surface area (Å²) in [5.74, 6) is 0.291. The maximum Gasteiger partial charge on any atom is 0.522 e. The first-order valence-electron chi connectivity index (χ1n) is 46.9. The molecular formula is C94H104B7N9O29S6. The number of terminal acetylenes is 1. The molecule has 0 amide bonds. The van der Waals surface area contributed by atoms with E-state index in [2.05, 4.69) is 48.6 Å². The summed E-state index contributed by atoms with van der Waals surface area (Å²) in [5.41, 5.74) is 11.0. The highest BCUT2D eigenvalue weighted by atomic mass is 32.2. The van der Waals surface area contributed by atoms with Crippen molar-refractivity contribution in [2.24, 2.45) is 0 Å². The van der Waals surface area contributed by atoms with E-state index in [0.717, 1.165) is 108 Å². The molecule has 4 aromatic heterocycles. The summed E-state index contributed by atoms with van der Waals surface area (Å²) in [7, 11) is -6.61. The molecule has 0 radical (unpaired) electrons. The molecule has 0 unspecified atom stereocenters. The maximum absolute atomic E-state index is 11.7. The fraction of sp³-hybridized carbons (Fsp3) is 0.362. The average Bonchev–Trinajstić information content (AvgIpc) is 1.75. The largest absolute Gasteiger partial charge is 0.535 e. The number of benzene rings is 7. The minimum absolute atomic E-state index is 0.0276. The average molecular weight is 2090 g/mol. The van der Waals surface area contributed by atoms with Crippen molar-refractivity contribution in [3.8, 4) is 69.6 Å². The molecular weight excluding hydrogens is 1990 g/mol. The molecule has 0 saturated heterocycles. The normalized spacial score (nSPS) is 14.2. The number of unbranched alkanes of at least 4 members (excludes halogenated alkanes) is 1. The number of thioether (sulfide) groups is 4. The van der Waals surface area contributed by atoms with Gasteiger partial charge in [0.1, 0.15) is 112 Å². The van der Waals surface area contributed by atoms with E-state index >= 15 is 0 Å². The molecule has 1 aliphatic carbocycles. The smallest absolute Gasteiger partial charge is 0.522 e. The molecule has 7 aromatic carbocycles. The highest BCUT2D eigenvalue weighted by Gasteiger charge is 2.38. The molecule has 1 fully saturated rings. The summed E-state index contributed by atoms with van der Waals surface area (Å²) >= 11 is 9.47. The second kappa shape index (κ2) is 52.8. The van der Waals surface area contributed by atoms with E-state index in [0.29, 0.717) is 163 Å². The standard InChI is InChI=1S/C15H18BN3O5.C14H16BN3O4.C14H17BO4S.C14H19BO4S.C13H13BN2O4S2.C13H12BNO4S2.C11H9BO4/c1-2-7-19-8-11(17-18-19)9-23-12-4-3-10-5-6-16(22)24-14(10)13(12)15(20)21;1-2-7-18-8-11(16-17-18)10-4-3-9-5-6-15(21)22-13(9)12(10)14(19)20;16-14(17)12-10(8-20-11-2-1-3-11)5-4-9-6-7-15(18)19-13(9)12;1-2-3-8-20-9-11-5-4-10-6-7-15(18)19-13(10)12(11)14(16)17;1-7-15-16-13(22-7)21-6-9-3-2-8-4-5-14(19)20-11(8)10(9)12(17)18;16-12(17)10-9(7-21-13-15-5-6-20-13)2-1-8-3-4-14(18)19-11(8)10;1-2-7-3-4-8-5-6-12(15)16-10(8)9(7)11(13)14/h3-4,8,22H,2,5-7,9H2,1H3,(H,20,21);3-4,8,21H,2,5-7H2,1H3,(H,19,20);4-5,11,18H,1-3,6-8H2,(H,16,17);4-5,18H,2-3,6-9H2,1H3,(H,16,17);2-3,19H,4-6H2,1H3,(H,17,18);1-2,5-6,18H,3-4,7H2,(H,16,17);1,3-4,15H,5-6H2,(H,13,14). The molecule has 0 bridgehead atoms. The van der Waals surface area contributed by atoms with Gasteiger partial charge in [-0.15, -0.1) is 38.2 Å². The Morgan fingerprint density at radius 2 is 0.821 bits per heavy atom. The number of rotatable bonds is 29. The highest BCUT2D eigenvalue weighted by molar-refractivity contribution is 8.00. The topological polar surface area (TPSA) is 577 Å². The summed E-state index contributed by atoms with van der Waals surface area (Å²) in [5, 5.41) is 160. The van der Waals surface area contributed by atoms with Gasteiger partial charge in [0.05, 0.1) is 12.4 Å². The van der Waals surface area contributed by atoms with Crippen molar-refractivity contribution in [2.45, 2.75) is 218 Å². The fourth-order valence-corrected chi connectivity index (χ4v) is 22.2. The van der Waals surface area contributed by atoms with Crippen molar-refractivity contribution in [3.05, 3.63) is 225 Å². The minimum atomic E-state index is -1.16. The lowest BCUT2D eigenvalue weighted by molar-refractivity contribution is 0.0677. The Bertz CT molecular complexity index is 6500. The number of aromatic nitrogens is 9. The predicted molar refractivity (Wildman–Crippen MR) is 551 cm³/mol. The molecule has 145 heavy (non-hydrogen) atoms. The third-order valence-corrected chi connectivity index (χ3v) is 30.3. The van der Waals surface area contributed by atoms with Gasteiger partial charge in [-0.05, 0) is 207 Å². The number of hydrogen-bond acceptors (Lipinski definition) is 35. The van der Waals surface area contributed by atoms with Gasteiger partial charge in [-0.3, -0.25) is 9.36 Å². The molecule has 756 valence electrons. The number of carboxylic acids is 7. The van der Waals surface area contributed by atoms with E-state index in [-0.39, 0.29) is 79.9 Å². The lowest BCUT2D eigenvalue weighted by atomic mass is 9.78. The zero-order valence-electron chi connectivity index (χ0n) is 79.5. The molecule has 0 atom stereocenters. The number of thiazole rings is 1. The lowest BCUT2D eigenvalue weighted by Gasteiger charge is -2.26. The van der Waals surface area contributed by atoms with Crippen molar-refractivity contribution in [1.82, 2.24) is 45.2 Å². The molecule has 7 aliphatic heterocycles. The van der Waals surface area contributed by atoms with Crippen molar-refractivity contribution in [2.75, 3.05) is 5.75 Å². The summed E-state index contributed by atoms with van der Waals surface area (Å²) in [6, 6.07) is 25.3. The van der Waals surface area contributed by atoms with E-state index in [9.17, 15) is 99.4 Å². The van der Waals surface area contributed by atoms with E-state index < -0.39 is 91.6 Å². The van der Waals surface area contributed by atoms with Crippen LogP contribution < -0.4 is 37.3 Å². The lowest BCUT2D eigenvalue weighted by Crippen LogP contribution is -2.28. The zero-order valence-corrected chi connectivity index (χ0v) is 84.4. The molecule has 14 N–H and O–H groups in total. The zero-order chi connectivity index (χ0) is 104. The van der Waals surface area contributed by atoms with Crippen LogP contribution in [0.5, 0.6) is 46.0 Å². The number of ether oxygens (including phenoxy) is 1. The molecule has 38 nitrogen and oxygen atoms in total. The van der Waals surface area contributed by atoms with Gasteiger partial charge in [0.15, 0.2) is 4.34 Å². The Hall–Kier alpha value is -12.2. The number of nitrogens with zero attached hydrogens (tertiary/aromatic N) is 9. The Kier molecular flexibility index (Phi) is 40.0. The number of carboxylic acid groups (broad SMARTS) is 7. The Balaban J connectivity index is 0.000000142. The van der Waals surface area contributed by atoms with Gasteiger partial charge in [0.2, 0.25) is 0 Å².